The number of hydrogen-bond donors (Lipinski definition) is 2. The summed E-state index contributed by atoms with van der Waals surface area (Å²) in [4.78, 5) is 25.1. The third-order valence-electron chi connectivity index (χ3n) is 3.80. The molecule has 2 amide bonds. The smallest absolute Gasteiger partial charge is 0.227 e. The van der Waals surface area contributed by atoms with Crippen molar-refractivity contribution in [2.45, 2.75) is 67.7 Å². The first-order valence-corrected chi connectivity index (χ1v) is 9.22. The second-order valence-electron chi connectivity index (χ2n) is 8.96. The summed E-state index contributed by atoms with van der Waals surface area (Å²) in [7, 11) is 1.57. The fourth-order valence-corrected chi connectivity index (χ4v) is 2.12. The molecule has 0 aliphatic heterocycles. The van der Waals surface area contributed by atoms with Crippen LogP contribution in [0.2, 0.25) is 0 Å². The molecule has 0 unspecified atom stereocenters. The second-order valence-corrected chi connectivity index (χ2v) is 8.96. The number of nitrogens with one attached hydrogen (secondary N) is 2. The fraction of sp³-hybridized carbons (Fsp3) is 0.619. The molecule has 1 aromatic carbocycles. The predicted molar refractivity (Wildman–Crippen MR) is 107 cm³/mol. The van der Waals surface area contributed by atoms with Gasteiger partial charge in [0.05, 0.1) is 13.2 Å². The molecule has 6 nitrogen and oxygen atoms in total. The van der Waals surface area contributed by atoms with Crippen molar-refractivity contribution in [1.82, 2.24) is 10.6 Å². The molecule has 0 atom stereocenters. The van der Waals surface area contributed by atoms with Crippen molar-refractivity contribution in [2.24, 2.45) is 10.8 Å². The molecule has 6 heteroatoms. The summed E-state index contributed by atoms with van der Waals surface area (Å²) in [5, 5.41) is 5.85. The van der Waals surface area contributed by atoms with Crippen LogP contribution < -0.4 is 20.1 Å². The van der Waals surface area contributed by atoms with Gasteiger partial charge >= 0.3 is 0 Å². The number of benzene rings is 1. The first-order valence-electron chi connectivity index (χ1n) is 9.22. The quantitative estimate of drug-likeness (QED) is 0.738. The molecule has 0 heterocycles. The zero-order chi connectivity index (χ0) is 21.0. The van der Waals surface area contributed by atoms with E-state index in [4.69, 9.17) is 9.47 Å². The maximum atomic E-state index is 12.5. The van der Waals surface area contributed by atoms with E-state index in [2.05, 4.69) is 10.6 Å². The Hall–Kier alpha value is -2.24. The summed E-state index contributed by atoms with van der Waals surface area (Å²) in [5.74, 6) is 0.827. The molecule has 0 saturated carbocycles. The predicted octanol–water partition coefficient (Wildman–Crippen LogP) is 3.81. The lowest BCUT2D eigenvalue weighted by molar-refractivity contribution is -0.132. The zero-order valence-corrected chi connectivity index (χ0v) is 18.0. The molecular weight excluding hydrogens is 344 g/mol. The van der Waals surface area contributed by atoms with Crippen molar-refractivity contribution in [3.8, 4) is 11.5 Å². The van der Waals surface area contributed by atoms with E-state index >= 15 is 0 Å². The number of carbonyl (C=O) groups is 2. The molecule has 152 valence electrons. The maximum absolute atomic E-state index is 12.5. The Balaban J connectivity index is 3.28. The van der Waals surface area contributed by atoms with E-state index in [1.807, 2.05) is 61.5 Å². The van der Waals surface area contributed by atoms with Crippen molar-refractivity contribution < 1.29 is 19.1 Å². The van der Waals surface area contributed by atoms with Gasteiger partial charge in [-0.2, -0.15) is 0 Å². The van der Waals surface area contributed by atoms with E-state index in [-0.39, 0.29) is 17.9 Å². The summed E-state index contributed by atoms with van der Waals surface area (Å²) in [6.07, 6.45) is -0.718. The van der Waals surface area contributed by atoms with Crippen LogP contribution >= 0.6 is 0 Å². The lowest BCUT2D eigenvalue weighted by Gasteiger charge is -2.29. The van der Waals surface area contributed by atoms with Gasteiger partial charge in [0.2, 0.25) is 11.8 Å². The highest BCUT2D eigenvalue weighted by Crippen LogP contribution is 2.31. The standard InChI is InChI=1S/C21H34N2O4/c1-13(2)27-16-12-14(10-11-15(16)26-9)17(22-18(24)20(3,4)5)23-19(25)21(6,7)8/h10-13,17H,1-9H3,(H,22,24)(H,23,25). The number of methoxy groups -OCH3 is 1. The molecule has 1 aromatic rings. The monoisotopic (exact) mass is 378 g/mol. The average molecular weight is 379 g/mol. The Bertz CT molecular complexity index is 642. The number of hydrogen-bond acceptors (Lipinski definition) is 4. The van der Waals surface area contributed by atoms with E-state index in [0.29, 0.717) is 17.1 Å². The highest BCUT2D eigenvalue weighted by Gasteiger charge is 2.29. The van der Waals surface area contributed by atoms with Gasteiger partial charge in [-0.1, -0.05) is 47.6 Å². The van der Waals surface area contributed by atoms with Gasteiger partial charge in [0.25, 0.3) is 0 Å². The summed E-state index contributed by atoms with van der Waals surface area (Å²) in [5.41, 5.74) is -0.468. The third-order valence-corrected chi connectivity index (χ3v) is 3.80. The normalized spacial score (nSPS) is 12.1. The number of ether oxygens (including phenoxy) is 2. The number of carbonyl (C=O) groups excluding carboxylic acids is 2. The number of amides is 2. The molecule has 0 spiro atoms. The largest absolute Gasteiger partial charge is 0.493 e. The molecule has 0 fully saturated rings. The summed E-state index contributed by atoms with van der Waals surface area (Å²) < 4.78 is 11.2. The van der Waals surface area contributed by atoms with Crippen LogP contribution in [0.5, 0.6) is 11.5 Å². The van der Waals surface area contributed by atoms with Crippen LogP contribution in [0, 0.1) is 10.8 Å². The van der Waals surface area contributed by atoms with Crippen molar-refractivity contribution in [3.63, 3.8) is 0 Å². The summed E-state index contributed by atoms with van der Waals surface area (Å²) >= 11 is 0. The molecule has 0 aliphatic carbocycles. The fourth-order valence-electron chi connectivity index (χ4n) is 2.12. The van der Waals surface area contributed by atoms with Crippen LogP contribution in [-0.4, -0.2) is 25.0 Å². The Morgan fingerprint density at radius 2 is 1.37 bits per heavy atom. The minimum atomic E-state index is -0.677. The van der Waals surface area contributed by atoms with E-state index in [0.717, 1.165) is 0 Å². The van der Waals surface area contributed by atoms with Crippen LogP contribution in [-0.2, 0) is 9.59 Å². The summed E-state index contributed by atoms with van der Waals surface area (Å²) in [6.45, 7) is 14.8. The lowest BCUT2D eigenvalue weighted by atomic mass is 9.94. The molecule has 27 heavy (non-hydrogen) atoms. The number of rotatable bonds is 6. The van der Waals surface area contributed by atoms with E-state index in [1.165, 1.54) is 0 Å². The topological polar surface area (TPSA) is 76.7 Å². The van der Waals surface area contributed by atoms with Gasteiger partial charge in [-0.15, -0.1) is 0 Å². The van der Waals surface area contributed by atoms with Gasteiger partial charge in [-0.05, 0) is 31.5 Å². The van der Waals surface area contributed by atoms with Crippen molar-refractivity contribution >= 4 is 11.8 Å². The van der Waals surface area contributed by atoms with Gasteiger partial charge in [0, 0.05) is 10.8 Å². The first-order chi connectivity index (χ1) is 12.3. The first kappa shape index (κ1) is 22.8. The minimum absolute atomic E-state index is 0.0408. The van der Waals surface area contributed by atoms with Crippen LogP contribution in [0.1, 0.15) is 67.1 Å². The van der Waals surface area contributed by atoms with Gasteiger partial charge in [0.1, 0.15) is 6.17 Å². The van der Waals surface area contributed by atoms with E-state index in [1.54, 1.807) is 19.2 Å². The Labute approximate surface area is 163 Å². The van der Waals surface area contributed by atoms with Gasteiger partial charge in [-0.3, -0.25) is 9.59 Å². The molecule has 0 saturated heterocycles. The molecule has 0 aliphatic rings. The van der Waals surface area contributed by atoms with Gasteiger partial charge in [-0.25, -0.2) is 0 Å². The molecule has 0 aromatic heterocycles. The Morgan fingerprint density at radius 1 is 0.889 bits per heavy atom. The van der Waals surface area contributed by atoms with Crippen molar-refractivity contribution in [1.29, 1.82) is 0 Å². The Morgan fingerprint density at radius 3 is 1.74 bits per heavy atom. The van der Waals surface area contributed by atoms with E-state index in [9.17, 15) is 9.59 Å². The van der Waals surface area contributed by atoms with Crippen LogP contribution in [0.4, 0.5) is 0 Å². The van der Waals surface area contributed by atoms with Crippen LogP contribution in [0.25, 0.3) is 0 Å². The van der Waals surface area contributed by atoms with Gasteiger partial charge < -0.3 is 20.1 Å². The molecule has 0 radical (unpaired) electrons. The van der Waals surface area contributed by atoms with Crippen LogP contribution in [0.15, 0.2) is 18.2 Å². The summed E-state index contributed by atoms with van der Waals surface area (Å²) in [6, 6.07) is 5.37. The van der Waals surface area contributed by atoms with Crippen molar-refractivity contribution in [3.05, 3.63) is 23.8 Å². The maximum Gasteiger partial charge on any atom is 0.227 e. The van der Waals surface area contributed by atoms with Gasteiger partial charge in [0.15, 0.2) is 11.5 Å². The average Bonchev–Trinajstić information content (AvgIpc) is 2.51. The van der Waals surface area contributed by atoms with Crippen molar-refractivity contribution in [2.75, 3.05) is 7.11 Å². The molecule has 1 rings (SSSR count). The van der Waals surface area contributed by atoms with Crippen LogP contribution in [0.3, 0.4) is 0 Å². The van der Waals surface area contributed by atoms with E-state index < -0.39 is 17.0 Å². The lowest BCUT2D eigenvalue weighted by Crippen LogP contribution is -2.47. The third kappa shape index (κ3) is 6.77. The zero-order valence-electron chi connectivity index (χ0n) is 18.0. The molecule has 0 bridgehead atoms. The molecule has 2 N–H and O–H groups in total. The SMILES string of the molecule is COc1ccc(C(NC(=O)C(C)(C)C)NC(=O)C(C)(C)C)cc1OC(C)C. The Kier molecular flexibility index (Phi) is 7.29. The minimum Gasteiger partial charge on any atom is -0.493 e. The molecular formula is C21H34N2O4. The second kappa shape index (κ2) is 8.63. The highest BCUT2D eigenvalue weighted by atomic mass is 16.5. The highest BCUT2D eigenvalue weighted by molar-refractivity contribution is 5.84.